The second-order valence-electron chi connectivity index (χ2n) is 4.18. The molecule has 4 heteroatoms. The van der Waals surface area contributed by atoms with E-state index in [1.165, 1.54) is 0 Å². The van der Waals surface area contributed by atoms with E-state index in [1.807, 2.05) is 31.2 Å². The Morgan fingerprint density at radius 1 is 1.53 bits per heavy atom. The van der Waals surface area contributed by atoms with Crippen LogP contribution in [0.3, 0.4) is 0 Å². The van der Waals surface area contributed by atoms with Crippen molar-refractivity contribution in [3.05, 3.63) is 34.9 Å². The predicted molar refractivity (Wildman–Crippen MR) is 67.2 cm³/mol. The van der Waals surface area contributed by atoms with Gasteiger partial charge in [0.05, 0.1) is 12.5 Å². The van der Waals surface area contributed by atoms with Crippen molar-refractivity contribution in [1.82, 2.24) is 5.32 Å². The fourth-order valence-corrected chi connectivity index (χ4v) is 2.46. The number of benzene rings is 1. The van der Waals surface area contributed by atoms with E-state index in [9.17, 15) is 4.79 Å². The summed E-state index contributed by atoms with van der Waals surface area (Å²) in [4.78, 5) is 11.8. The van der Waals surface area contributed by atoms with Gasteiger partial charge in [-0.3, -0.25) is 4.79 Å². The van der Waals surface area contributed by atoms with Gasteiger partial charge in [0.15, 0.2) is 0 Å². The number of halogens is 1. The molecule has 1 heterocycles. The average Bonchev–Trinajstić information content (AvgIpc) is 2.78. The first-order valence-electron chi connectivity index (χ1n) is 5.85. The number of carbonyl (C=O) groups excluding carboxylic acids is 1. The Hall–Kier alpha value is -1.06. The van der Waals surface area contributed by atoms with Crippen LogP contribution in [0.15, 0.2) is 24.3 Å². The third-order valence-electron chi connectivity index (χ3n) is 3.08. The van der Waals surface area contributed by atoms with Gasteiger partial charge in [-0.15, -0.1) is 0 Å². The highest BCUT2D eigenvalue weighted by molar-refractivity contribution is 6.30. The Balaban J connectivity index is 2.17. The van der Waals surface area contributed by atoms with E-state index >= 15 is 0 Å². The minimum atomic E-state index is -0.123. The van der Waals surface area contributed by atoms with E-state index in [2.05, 4.69) is 5.32 Å². The molecule has 0 bridgehead atoms. The van der Waals surface area contributed by atoms with E-state index < -0.39 is 0 Å². The molecule has 2 atom stereocenters. The second-order valence-corrected chi connectivity index (χ2v) is 4.61. The van der Waals surface area contributed by atoms with Crippen LogP contribution < -0.4 is 5.32 Å². The maximum Gasteiger partial charge on any atom is 0.310 e. The first kappa shape index (κ1) is 12.4. The molecule has 0 amide bonds. The van der Waals surface area contributed by atoms with Crippen molar-refractivity contribution in [3.8, 4) is 0 Å². The maximum absolute atomic E-state index is 11.8. The molecule has 92 valence electrons. The number of ether oxygens (including phenoxy) is 1. The van der Waals surface area contributed by atoms with Crippen molar-refractivity contribution in [1.29, 1.82) is 0 Å². The maximum atomic E-state index is 11.8. The average molecular weight is 254 g/mol. The van der Waals surface area contributed by atoms with Crippen LogP contribution in [0.4, 0.5) is 0 Å². The van der Waals surface area contributed by atoms with Crippen molar-refractivity contribution in [2.45, 2.75) is 12.8 Å². The number of nitrogens with one attached hydrogen (secondary N) is 1. The highest BCUT2D eigenvalue weighted by Gasteiger charge is 2.34. The van der Waals surface area contributed by atoms with Crippen LogP contribution in [0.5, 0.6) is 0 Å². The summed E-state index contributed by atoms with van der Waals surface area (Å²) in [5.41, 5.74) is 1.10. The van der Waals surface area contributed by atoms with Gasteiger partial charge in [-0.05, 0) is 24.6 Å². The summed E-state index contributed by atoms with van der Waals surface area (Å²) in [6, 6.07) is 7.69. The molecule has 3 nitrogen and oxygen atoms in total. The largest absolute Gasteiger partial charge is 0.466 e. The Kier molecular flexibility index (Phi) is 4.02. The van der Waals surface area contributed by atoms with Crippen LogP contribution in [0, 0.1) is 5.92 Å². The van der Waals surface area contributed by atoms with E-state index in [-0.39, 0.29) is 17.8 Å². The van der Waals surface area contributed by atoms with Crippen LogP contribution in [0.2, 0.25) is 5.02 Å². The standard InChI is InChI=1S/C13H16ClNO2/c1-2-17-13(16)12-8-15-7-11(12)9-4-3-5-10(14)6-9/h3-6,11-12,15H,2,7-8H2,1H3/t11-,12+/m0/s1. The molecule has 0 saturated carbocycles. The fraction of sp³-hybridized carbons (Fsp3) is 0.462. The molecule has 1 aromatic carbocycles. The van der Waals surface area contributed by atoms with E-state index in [0.29, 0.717) is 18.2 Å². The molecule has 1 saturated heterocycles. The second kappa shape index (κ2) is 5.52. The molecule has 1 N–H and O–H groups in total. The topological polar surface area (TPSA) is 38.3 Å². The van der Waals surface area contributed by atoms with Gasteiger partial charge in [0.2, 0.25) is 0 Å². The van der Waals surface area contributed by atoms with Gasteiger partial charge in [-0.1, -0.05) is 23.7 Å². The SMILES string of the molecule is CCOC(=O)[C@@H]1CNC[C@H]1c1cccc(Cl)c1. The third-order valence-corrected chi connectivity index (χ3v) is 3.32. The summed E-state index contributed by atoms with van der Waals surface area (Å²) in [6.45, 7) is 3.73. The summed E-state index contributed by atoms with van der Waals surface area (Å²) >= 11 is 5.98. The molecule has 17 heavy (non-hydrogen) atoms. The van der Waals surface area contributed by atoms with Crippen molar-refractivity contribution in [2.75, 3.05) is 19.7 Å². The lowest BCUT2D eigenvalue weighted by Gasteiger charge is -2.17. The Morgan fingerprint density at radius 3 is 3.06 bits per heavy atom. The van der Waals surface area contributed by atoms with Gasteiger partial charge in [0.1, 0.15) is 0 Å². The molecule has 1 aromatic rings. The van der Waals surface area contributed by atoms with E-state index in [4.69, 9.17) is 16.3 Å². The fourth-order valence-electron chi connectivity index (χ4n) is 2.26. The molecule has 0 aromatic heterocycles. The molecular formula is C13H16ClNO2. The third kappa shape index (κ3) is 2.79. The minimum absolute atomic E-state index is 0.103. The summed E-state index contributed by atoms with van der Waals surface area (Å²) in [5.74, 6) is -0.0661. The zero-order chi connectivity index (χ0) is 12.3. The van der Waals surface area contributed by atoms with Crippen molar-refractivity contribution >= 4 is 17.6 Å². The summed E-state index contributed by atoms with van der Waals surface area (Å²) in [6.07, 6.45) is 0. The van der Waals surface area contributed by atoms with Gasteiger partial charge in [-0.25, -0.2) is 0 Å². The lowest BCUT2D eigenvalue weighted by molar-refractivity contribution is -0.147. The quantitative estimate of drug-likeness (QED) is 0.840. The molecule has 0 spiro atoms. The normalized spacial score (nSPS) is 23.6. The zero-order valence-electron chi connectivity index (χ0n) is 9.78. The van der Waals surface area contributed by atoms with Crippen LogP contribution in [0.25, 0.3) is 0 Å². The number of esters is 1. The molecule has 1 aliphatic heterocycles. The summed E-state index contributed by atoms with van der Waals surface area (Å²) < 4.78 is 5.10. The molecule has 1 aliphatic rings. The van der Waals surface area contributed by atoms with Gasteiger partial charge in [0.25, 0.3) is 0 Å². The van der Waals surface area contributed by atoms with Gasteiger partial charge in [-0.2, -0.15) is 0 Å². The number of rotatable bonds is 3. The zero-order valence-corrected chi connectivity index (χ0v) is 10.5. The highest BCUT2D eigenvalue weighted by Crippen LogP contribution is 2.30. The smallest absolute Gasteiger partial charge is 0.310 e. The first-order chi connectivity index (χ1) is 8.22. The molecule has 0 aliphatic carbocycles. The Morgan fingerprint density at radius 2 is 2.35 bits per heavy atom. The van der Waals surface area contributed by atoms with Crippen LogP contribution in [-0.2, 0) is 9.53 Å². The number of hydrogen-bond acceptors (Lipinski definition) is 3. The number of carbonyl (C=O) groups is 1. The van der Waals surface area contributed by atoms with E-state index in [0.717, 1.165) is 12.1 Å². The summed E-state index contributed by atoms with van der Waals surface area (Å²) in [5, 5.41) is 3.94. The Labute approximate surface area is 106 Å². The predicted octanol–water partition coefficient (Wildman–Crippen LogP) is 2.21. The summed E-state index contributed by atoms with van der Waals surface area (Å²) in [7, 11) is 0. The van der Waals surface area contributed by atoms with Crippen molar-refractivity contribution in [2.24, 2.45) is 5.92 Å². The monoisotopic (exact) mass is 253 g/mol. The molecule has 0 unspecified atom stereocenters. The van der Waals surface area contributed by atoms with Crippen molar-refractivity contribution < 1.29 is 9.53 Å². The molecule has 2 rings (SSSR count). The van der Waals surface area contributed by atoms with Crippen LogP contribution in [-0.4, -0.2) is 25.7 Å². The lowest BCUT2D eigenvalue weighted by Crippen LogP contribution is -2.24. The number of hydrogen-bond donors (Lipinski definition) is 1. The first-order valence-corrected chi connectivity index (χ1v) is 6.23. The Bertz CT molecular complexity index is 408. The van der Waals surface area contributed by atoms with Crippen LogP contribution >= 0.6 is 11.6 Å². The molecule has 1 fully saturated rings. The minimum Gasteiger partial charge on any atom is -0.466 e. The van der Waals surface area contributed by atoms with Gasteiger partial charge < -0.3 is 10.1 Å². The van der Waals surface area contributed by atoms with E-state index in [1.54, 1.807) is 0 Å². The highest BCUT2D eigenvalue weighted by atomic mass is 35.5. The van der Waals surface area contributed by atoms with Crippen LogP contribution in [0.1, 0.15) is 18.4 Å². The molecular weight excluding hydrogens is 238 g/mol. The van der Waals surface area contributed by atoms with Gasteiger partial charge in [0, 0.05) is 24.0 Å². The lowest BCUT2D eigenvalue weighted by atomic mass is 9.89. The molecule has 0 radical (unpaired) electrons. The van der Waals surface area contributed by atoms with Crippen molar-refractivity contribution in [3.63, 3.8) is 0 Å². The van der Waals surface area contributed by atoms with Gasteiger partial charge >= 0.3 is 5.97 Å².